The van der Waals surface area contributed by atoms with E-state index in [0.29, 0.717) is 12.8 Å². The first kappa shape index (κ1) is 10.5. The van der Waals surface area contributed by atoms with E-state index in [0.717, 1.165) is 5.56 Å². The van der Waals surface area contributed by atoms with Gasteiger partial charge in [0.05, 0.1) is 12.2 Å². The molecule has 0 bridgehead atoms. The molecule has 0 fully saturated rings. The van der Waals surface area contributed by atoms with Crippen LogP contribution in [0.4, 0.5) is 0 Å². The van der Waals surface area contributed by atoms with Crippen molar-refractivity contribution in [3.8, 4) is 12.3 Å². The molecule has 4 nitrogen and oxygen atoms in total. The molecule has 0 radical (unpaired) electrons. The zero-order valence-corrected chi connectivity index (χ0v) is 8.10. The number of nitrogens with two attached hydrogens (primary N) is 1. The third-order valence-corrected chi connectivity index (χ3v) is 1.89. The Morgan fingerprint density at radius 2 is 2.57 bits per heavy atom. The Bertz CT molecular complexity index is 362. The molecule has 1 unspecified atom stereocenters. The SMILES string of the molecule is C#CCC(N)C(=O)Cc1cnn(C)c1. The van der Waals surface area contributed by atoms with Crippen molar-refractivity contribution in [2.45, 2.75) is 18.9 Å². The van der Waals surface area contributed by atoms with Gasteiger partial charge in [-0.25, -0.2) is 0 Å². The second-order valence-corrected chi connectivity index (χ2v) is 3.18. The highest BCUT2D eigenvalue weighted by atomic mass is 16.1. The van der Waals surface area contributed by atoms with Gasteiger partial charge in [-0.2, -0.15) is 5.10 Å². The zero-order chi connectivity index (χ0) is 10.6. The number of carbonyl (C=O) groups excluding carboxylic acids is 1. The van der Waals surface area contributed by atoms with Crippen molar-refractivity contribution in [3.05, 3.63) is 18.0 Å². The van der Waals surface area contributed by atoms with Crippen molar-refractivity contribution in [2.75, 3.05) is 0 Å². The van der Waals surface area contributed by atoms with Gasteiger partial charge < -0.3 is 5.73 Å². The first-order chi connectivity index (χ1) is 6.63. The number of hydrogen-bond acceptors (Lipinski definition) is 3. The number of rotatable bonds is 4. The molecule has 0 saturated carbocycles. The molecule has 2 N–H and O–H groups in total. The van der Waals surface area contributed by atoms with Crippen molar-refractivity contribution < 1.29 is 4.79 Å². The normalized spacial score (nSPS) is 12.1. The van der Waals surface area contributed by atoms with Crippen molar-refractivity contribution in [1.82, 2.24) is 9.78 Å². The predicted octanol–water partition coefficient (Wildman–Crippen LogP) is -0.118. The Morgan fingerprint density at radius 3 is 3.07 bits per heavy atom. The van der Waals surface area contributed by atoms with Gasteiger partial charge in [-0.3, -0.25) is 9.48 Å². The largest absolute Gasteiger partial charge is 0.321 e. The van der Waals surface area contributed by atoms with Crippen LogP contribution in [0.3, 0.4) is 0 Å². The van der Waals surface area contributed by atoms with Crippen LogP contribution in [0.15, 0.2) is 12.4 Å². The van der Waals surface area contributed by atoms with Crippen LogP contribution in [0.1, 0.15) is 12.0 Å². The smallest absolute Gasteiger partial charge is 0.154 e. The number of ketones is 1. The zero-order valence-electron chi connectivity index (χ0n) is 8.10. The summed E-state index contributed by atoms with van der Waals surface area (Å²) in [7, 11) is 1.80. The fraction of sp³-hybridized carbons (Fsp3) is 0.400. The van der Waals surface area contributed by atoms with Crippen LogP contribution in [0, 0.1) is 12.3 Å². The molecule has 0 aliphatic heterocycles. The van der Waals surface area contributed by atoms with Gasteiger partial charge >= 0.3 is 0 Å². The summed E-state index contributed by atoms with van der Waals surface area (Å²) in [5.41, 5.74) is 6.43. The summed E-state index contributed by atoms with van der Waals surface area (Å²) in [6.07, 6.45) is 9.10. The lowest BCUT2D eigenvalue weighted by Gasteiger charge is -2.04. The monoisotopic (exact) mass is 191 g/mol. The molecule has 0 aliphatic rings. The maximum absolute atomic E-state index is 11.5. The molecule has 1 aromatic heterocycles. The van der Waals surface area contributed by atoms with E-state index in [4.69, 9.17) is 12.2 Å². The highest BCUT2D eigenvalue weighted by Gasteiger charge is 2.13. The second-order valence-electron chi connectivity index (χ2n) is 3.18. The molecule has 0 spiro atoms. The number of terminal acetylenes is 1. The Hall–Kier alpha value is -1.60. The third kappa shape index (κ3) is 2.71. The molecular formula is C10H13N3O. The molecule has 0 saturated heterocycles. The van der Waals surface area contributed by atoms with Crippen molar-refractivity contribution in [2.24, 2.45) is 12.8 Å². The summed E-state index contributed by atoms with van der Waals surface area (Å²) in [5.74, 6) is 2.33. The number of carbonyl (C=O) groups is 1. The second kappa shape index (κ2) is 4.58. The van der Waals surface area contributed by atoms with Gasteiger partial charge in [-0.15, -0.1) is 12.3 Å². The molecule has 1 atom stereocenters. The highest BCUT2D eigenvalue weighted by molar-refractivity contribution is 5.86. The average molecular weight is 191 g/mol. The van der Waals surface area contributed by atoms with E-state index in [1.807, 2.05) is 0 Å². The summed E-state index contributed by atoms with van der Waals surface area (Å²) in [6.45, 7) is 0. The molecule has 1 rings (SSSR count). The van der Waals surface area contributed by atoms with Crippen LogP contribution in [-0.4, -0.2) is 21.6 Å². The van der Waals surface area contributed by atoms with Crippen LogP contribution >= 0.6 is 0 Å². The van der Waals surface area contributed by atoms with E-state index in [-0.39, 0.29) is 5.78 Å². The van der Waals surface area contributed by atoms with E-state index < -0.39 is 6.04 Å². The van der Waals surface area contributed by atoms with Crippen molar-refractivity contribution >= 4 is 5.78 Å². The highest BCUT2D eigenvalue weighted by Crippen LogP contribution is 2.01. The number of Topliss-reactive ketones (excluding diaryl/α,β-unsaturated/α-hetero) is 1. The first-order valence-corrected chi connectivity index (χ1v) is 4.32. The number of hydrogen-bond donors (Lipinski definition) is 1. The average Bonchev–Trinajstić information content (AvgIpc) is 2.51. The summed E-state index contributed by atoms with van der Waals surface area (Å²) in [4.78, 5) is 11.5. The lowest BCUT2D eigenvalue weighted by atomic mass is 10.1. The summed E-state index contributed by atoms with van der Waals surface area (Å²) < 4.78 is 1.65. The molecule has 0 aromatic carbocycles. The number of nitrogens with zero attached hydrogens (tertiary/aromatic N) is 2. The summed E-state index contributed by atoms with van der Waals surface area (Å²) >= 11 is 0. The van der Waals surface area contributed by atoms with Crippen LogP contribution in [0.2, 0.25) is 0 Å². The quantitative estimate of drug-likeness (QED) is 0.675. The van der Waals surface area contributed by atoms with Crippen molar-refractivity contribution in [1.29, 1.82) is 0 Å². The molecule has 0 amide bonds. The van der Waals surface area contributed by atoms with Crippen LogP contribution in [0.5, 0.6) is 0 Å². The minimum atomic E-state index is -0.555. The molecular weight excluding hydrogens is 178 g/mol. The maximum atomic E-state index is 11.5. The third-order valence-electron chi connectivity index (χ3n) is 1.89. The van der Waals surface area contributed by atoms with Crippen LogP contribution < -0.4 is 5.73 Å². The minimum Gasteiger partial charge on any atom is -0.321 e. The Kier molecular flexibility index (Phi) is 3.43. The van der Waals surface area contributed by atoms with Gasteiger partial charge in [0, 0.05) is 26.1 Å². The van der Waals surface area contributed by atoms with E-state index in [1.54, 1.807) is 24.1 Å². The van der Waals surface area contributed by atoms with Gasteiger partial charge in [0.25, 0.3) is 0 Å². The predicted molar refractivity (Wildman–Crippen MR) is 53.3 cm³/mol. The standard InChI is InChI=1S/C10H13N3O/c1-3-4-9(11)10(14)5-8-6-12-13(2)7-8/h1,6-7,9H,4-5,11H2,2H3. The topological polar surface area (TPSA) is 60.9 Å². The fourth-order valence-electron chi connectivity index (χ4n) is 1.14. The lowest BCUT2D eigenvalue weighted by Crippen LogP contribution is -2.31. The maximum Gasteiger partial charge on any atom is 0.154 e. The van der Waals surface area contributed by atoms with Crippen molar-refractivity contribution in [3.63, 3.8) is 0 Å². The number of aryl methyl sites for hydroxylation is 1. The van der Waals surface area contributed by atoms with Gasteiger partial charge in [0.15, 0.2) is 5.78 Å². The first-order valence-electron chi connectivity index (χ1n) is 4.32. The Balaban J connectivity index is 2.53. The van der Waals surface area contributed by atoms with Gasteiger partial charge in [-0.05, 0) is 5.56 Å². The van der Waals surface area contributed by atoms with Crippen LogP contribution in [0.25, 0.3) is 0 Å². The van der Waals surface area contributed by atoms with Gasteiger partial charge in [0.1, 0.15) is 0 Å². The van der Waals surface area contributed by atoms with E-state index >= 15 is 0 Å². The molecule has 1 heterocycles. The van der Waals surface area contributed by atoms with Crippen LogP contribution in [-0.2, 0) is 18.3 Å². The fourth-order valence-corrected chi connectivity index (χ4v) is 1.14. The van der Waals surface area contributed by atoms with Gasteiger partial charge in [-0.1, -0.05) is 0 Å². The minimum absolute atomic E-state index is 0.0454. The van der Waals surface area contributed by atoms with E-state index in [2.05, 4.69) is 11.0 Å². The Morgan fingerprint density at radius 1 is 1.86 bits per heavy atom. The number of aromatic nitrogens is 2. The molecule has 0 aliphatic carbocycles. The summed E-state index contributed by atoms with van der Waals surface area (Å²) in [5, 5.41) is 3.96. The van der Waals surface area contributed by atoms with E-state index in [9.17, 15) is 4.79 Å². The lowest BCUT2D eigenvalue weighted by molar-refractivity contribution is -0.119. The van der Waals surface area contributed by atoms with E-state index in [1.165, 1.54) is 0 Å². The van der Waals surface area contributed by atoms with Gasteiger partial charge in [0.2, 0.25) is 0 Å². The molecule has 14 heavy (non-hydrogen) atoms. The Labute approximate surface area is 83.1 Å². The summed E-state index contributed by atoms with van der Waals surface area (Å²) in [6, 6.07) is -0.555. The molecule has 1 aromatic rings. The molecule has 74 valence electrons. The molecule has 4 heteroatoms.